The van der Waals surface area contributed by atoms with Crippen molar-refractivity contribution < 1.29 is 4.79 Å². The number of aromatic nitrogens is 3. The molecule has 28 heavy (non-hydrogen) atoms. The highest BCUT2D eigenvalue weighted by Gasteiger charge is 2.14. The van der Waals surface area contributed by atoms with Gasteiger partial charge in [0.25, 0.3) is 5.91 Å². The molecule has 2 aromatic heterocycles. The van der Waals surface area contributed by atoms with Crippen LogP contribution < -0.4 is 10.7 Å². The average molecular weight is 378 g/mol. The lowest BCUT2D eigenvalue weighted by Crippen LogP contribution is -2.25. The Labute approximate surface area is 165 Å². The number of para-hydroxylation sites is 1. The van der Waals surface area contributed by atoms with E-state index in [2.05, 4.69) is 39.4 Å². The quantitative estimate of drug-likeness (QED) is 0.488. The zero-order valence-corrected chi connectivity index (χ0v) is 16.7. The van der Waals surface area contributed by atoms with Gasteiger partial charge in [-0.3, -0.25) is 4.79 Å². The predicted octanol–water partition coefficient (Wildman–Crippen LogP) is 3.43. The van der Waals surface area contributed by atoms with Crippen molar-refractivity contribution in [2.45, 2.75) is 33.7 Å². The van der Waals surface area contributed by atoms with Gasteiger partial charge in [-0.05, 0) is 45.9 Å². The molecule has 7 nitrogen and oxygen atoms in total. The third-order valence-corrected chi connectivity index (χ3v) is 4.46. The lowest BCUT2D eigenvalue weighted by Gasteiger charge is -2.14. The summed E-state index contributed by atoms with van der Waals surface area (Å²) in [6, 6.07) is 13.9. The summed E-state index contributed by atoms with van der Waals surface area (Å²) >= 11 is 0. The Bertz CT molecular complexity index is 968. The van der Waals surface area contributed by atoms with Gasteiger partial charge in [-0.2, -0.15) is 10.2 Å². The van der Waals surface area contributed by atoms with Crippen molar-refractivity contribution in [1.82, 2.24) is 19.8 Å². The Balaban J connectivity index is 1.66. The van der Waals surface area contributed by atoms with Crippen molar-refractivity contribution in [1.29, 1.82) is 0 Å². The van der Waals surface area contributed by atoms with Gasteiger partial charge in [0.2, 0.25) is 0 Å². The Hall–Kier alpha value is -3.35. The van der Waals surface area contributed by atoms with Gasteiger partial charge in [-0.15, -0.1) is 0 Å². The fourth-order valence-corrected chi connectivity index (χ4v) is 3.10. The summed E-state index contributed by atoms with van der Waals surface area (Å²) in [4.78, 5) is 12.0. The number of anilines is 1. The maximum absolute atomic E-state index is 12.0. The molecular weight excluding hydrogens is 352 g/mol. The number of amides is 1. The smallest absolute Gasteiger partial charge is 0.259 e. The number of benzene rings is 1. The first kappa shape index (κ1) is 19.4. The first-order chi connectivity index (χ1) is 13.5. The molecule has 0 atom stereocenters. The number of carbonyl (C=O) groups is 1. The molecule has 0 saturated heterocycles. The molecule has 0 bridgehead atoms. The molecule has 0 unspecified atom stereocenters. The number of aryl methyl sites for hydroxylation is 1. The van der Waals surface area contributed by atoms with Crippen LogP contribution in [0.2, 0.25) is 0 Å². The highest BCUT2D eigenvalue weighted by atomic mass is 16.2. The van der Waals surface area contributed by atoms with Crippen LogP contribution in [0.5, 0.6) is 0 Å². The van der Waals surface area contributed by atoms with E-state index in [0.29, 0.717) is 0 Å². The minimum Gasteiger partial charge on any atom is -0.376 e. The van der Waals surface area contributed by atoms with Crippen LogP contribution in [0.3, 0.4) is 0 Å². The molecule has 0 saturated carbocycles. The molecule has 0 aliphatic rings. The van der Waals surface area contributed by atoms with Crippen LogP contribution in [-0.2, 0) is 4.79 Å². The molecular formula is C21H26N6O. The van der Waals surface area contributed by atoms with E-state index < -0.39 is 0 Å². The molecule has 2 heterocycles. The van der Waals surface area contributed by atoms with E-state index in [4.69, 9.17) is 0 Å². The number of nitrogens with one attached hydrogen (secondary N) is 2. The second-order valence-electron chi connectivity index (χ2n) is 6.90. The van der Waals surface area contributed by atoms with Crippen molar-refractivity contribution >= 4 is 17.8 Å². The van der Waals surface area contributed by atoms with Crippen LogP contribution in [-0.4, -0.2) is 33.0 Å². The number of hydrazone groups is 1. The summed E-state index contributed by atoms with van der Waals surface area (Å²) in [5.41, 5.74) is 6.53. The Morgan fingerprint density at radius 3 is 2.68 bits per heavy atom. The fourth-order valence-electron chi connectivity index (χ4n) is 3.10. The zero-order chi connectivity index (χ0) is 20.1. The summed E-state index contributed by atoms with van der Waals surface area (Å²) in [5, 5.41) is 11.6. The Kier molecular flexibility index (Phi) is 5.93. The predicted molar refractivity (Wildman–Crippen MR) is 112 cm³/mol. The normalized spacial score (nSPS) is 11.3. The van der Waals surface area contributed by atoms with Crippen molar-refractivity contribution in [2.75, 3.05) is 11.9 Å². The van der Waals surface area contributed by atoms with Crippen LogP contribution in [0.1, 0.15) is 36.8 Å². The molecule has 7 heteroatoms. The molecule has 0 aliphatic heterocycles. The summed E-state index contributed by atoms with van der Waals surface area (Å²) in [6.45, 7) is 8.45. The van der Waals surface area contributed by atoms with E-state index in [9.17, 15) is 4.79 Å². The van der Waals surface area contributed by atoms with Crippen molar-refractivity contribution in [3.63, 3.8) is 0 Å². The van der Waals surface area contributed by atoms with Crippen molar-refractivity contribution in [3.8, 4) is 5.82 Å². The molecule has 3 rings (SSSR count). The van der Waals surface area contributed by atoms with Crippen LogP contribution in [0.25, 0.3) is 5.82 Å². The van der Waals surface area contributed by atoms with E-state index in [1.807, 2.05) is 67.2 Å². The minimum absolute atomic E-state index is 0.161. The van der Waals surface area contributed by atoms with Gasteiger partial charge in [0.1, 0.15) is 5.82 Å². The SMILES string of the molecule is Cc1cc(/C=N\NC(=O)CNc2ccccc2)c(C)n1-c1ccnn1C(C)C. The molecule has 146 valence electrons. The third kappa shape index (κ3) is 4.31. The fraction of sp³-hybridized carbons (Fsp3) is 0.286. The van der Waals surface area contributed by atoms with Gasteiger partial charge < -0.3 is 9.88 Å². The molecule has 3 aromatic rings. The third-order valence-electron chi connectivity index (χ3n) is 4.46. The minimum atomic E-state index is -0.202. The highest BCUT2D eigenvalue weighted by molar-refractivity contribution is 5.85. The van der Waals surface area contributed by atoms with Gasteiger partial charge >= 0.3 is 0 Å². The van der Waals surface area contributed by atoms with Crippen LogP contribution >= 0.6 is 0 Å². The van der Waals surface area contributed by atoms with E-state index in [0.717, 1.165) is 28.5 Å². The number of rotatable bonds is 7. The number of hydrogen-bond acceptors (Lipinski definition) is 4. The van der Waals surface area contributed by atoms with Gasteiger partial charge in [-0.1, -0.05) is 18.2 Å². The van der Waals surface area contributed by atoms with Crippen LogP contribution in [0, 0.1) is 13.8 Å². The van der Waals surface area contributed by atoms with E-state index in [-0.39, 0.29) is 18.5 Å². The number of hydrogen-bond donors (Lipinski definition) is 2. The van der Waals surface area contributed by atoms with Crippen LogP contribution in [0.4, 0.5) is 5.69 Å². The molecule has 0 radical (unpaired) electrons. The van der Waals surface area contributed by atoms with Crippen LogP contribution in [0.15, 0.2) is 53.8 Å². The number of carbonyl (C=O) groups excluding carboxylic acids is 1. The van der Waals surface area contributed by atoms with Crippen molar-refractivity contribution in [3.05, 3.63) is 65.6 Å². The molecule has 0 spiro atoms. The molecule has 1 aromatic carbocycles. The summed E-state index contributed by atoms with van der Waals surface area (Å²) in [5.74, 6) is 0.813. The van der Waals surface area contributed by atoms with Gasteiger partial charge in [0.15, 0.2) is 0 Å². The first-order valence-electron chi connectivity index (χ1n) is 9.31. The largest absolute Gasteiger partial charge is 0.376 e. The highest BCUT2D eigenvalue weighted by Crippen LogP contribution is 2.21. The standard InChI is InChI=1S/C21H26N6O/c1-15(2)27-21(10-11-24-27)26-16(3)12-18(17(26)4)13-23-25-20(28)14-22-19-8-6-5-7-9-19/h5-13,15,22H,14H2,1-4H3,(H,25,28)/b23-13-. The monoisotopic (exact) mass is 378 g/mol. The van der Waals surface area contributed by atoms with E-state index in [1.54, 1.807) is 6.21 Å². The number of nitrogens with zero attached hydrogens (tertiary/aromatic N) is 4. The molecule has 0 aliphatic carbocycles. The summed E-state index contributed by atoms with van der Waals surface area (Å²) in [7, 11) is 0. The lowest BCUT2D eigenvalue weighted by atomic mass is 10.3. The van der Waals surface area contributed by atoms with E-state index >= 15 is 0 Å². The Morgan fingerprint density at radius 2 is 1.96 bits per heavy atom. The zero-order valence-electron chi connectivity index (χ0n) is 16.7. The lowest BCUT2D eigenvalue weighted by molar-refractivity contribution is -0.119. The summed E-state index contributed by atoms with van der Waals surface area (Å²) < 4.78 is 4.13. The summed E-state index contributed by atoms with van der Waals surface area (Å²) in [6.07, 6.45) is 3.48. The van der Waals surface area contributed by atoms with Gasteiger partial charge in [0, 0.05) is 34.7 Å². The second-order valence-corrected chi connectivity index (χ2v) is 6.90. The maximum atomic E-state index is 12.0. The molecule has 0 fully saturated rings. The molecule has 2 N–H and O–H groups in total. The van der Waals surface area contributed by atoms with Gasteiger partial charge in [-0.25, -0.2) is 10.1 Å². The van der Waals surface area contributed by atoms with Crippen molar-refractivity contribution in [2.24, 2.45) is 5.10 Å². The second kappa shape index (κ2) is 8.56. The maximum Gasteiger partial charge on any atom is 0.259 e. The Morgan fingerprint density at radius 1 is 1.21 bits per heavy atom. The molecule has 1 amide bonds. The van der Waals surface area contributed by atoms with E-state index in [1.165, 1.54) is 0 Å². The first-order valence-corrected chi connectivity index (χ1v) is 9.31. The average Bonchev–Trinajstić information content (AvgIpc) is 3.25. The van der Waals surface area contributed by atoms with Gasteiger partial charge in [0.05, 0.1) is 19.0 Å². The topological polar surface area (TPSA) is 76.2 Å².